The van der Waals surface area contributed by atoms with Crippen LogP contribution in [0.3, 0.4) is 0 Å². The van der Waals surface area contributed by atoms with Crippen molar-refractivity contribution in [3.05, 3.63) is 48.4 Å². The summed E-state index contributed by atoms with van der Waals surface area (Å²) < 4.78 is 5.18. The molecule has 1 fully saturated rings. The van der Waals surface area contributed by atoms with Crippen LogP contribution in [-0.4, -0.2) is 31.6 Å². The molecule has 1 saturated heterocycles. The standard InChI is InChI=1S/C17H22N2O/c1-18-17(12-19-8-2-3-9-19)15-6-4-5-14(11-15)16-7-10-20-13-16/h4-7,10-11,13,17-18H,2-3,8-9,12H2,1H3. The van der Waals surface area contributed by atoms with Crippen molar-refractivity contribution in [2.75, 3.05) is 26.7 Å². The third-order valence-corrected chi connectivity index (χ3v) is 4.13. The van der Waals surface area contributed by atoms with Crippen molar-refractivity contribution in [2.45, 2.75) is 18.9 Å². The van der Waals surface area contributed by atoms with Gasteiger partial charge in [0, 0.05) is 18.2 Å². The molecule has 106 valence electrons. The van der Waals surface area contributed by atoms with Gasteiger partial charge in [-0.1, -0.05) is 18.2 Å². The monoisotopic (exact) mass is 270 g/mol. The quantitative estimate of drug-likeness (QED) is 0.903. The summed E-state index contributed by atoms with van der Waals surface area (Å²) in [5.41, 5.74) is 3.71. The smallest absolute Gasteiger partial charge is 0.0980 e. The first-order chi connectivity index (χ1) is 9.86. The summed E-state index contributed by atoms with van der Waals surface area (Å²) in [6.45, 7) is 3.56. The normalized spacial score (nSPS) is 17.4. The Morgan fingerprint density at radius 3 is 2.75 bits per heavy atom. The van der Waals surface area contributed by atoms with Crippen molar-refractivity contribution in [2.24, 2.45) is 0 Å². The van der Waals surface area contributed by atoms with E-state index in [4.69, 9.17) is 4.42 Å². The molecular formula is C17H22N2O. The summed E-state index contributed by atoms with van der Waals surface area (Å²) in [6, 6.07) is 11.1. The molecular weight excluding hydrogens is 248 g/mol. The zero-order chi connectivity index (χ0) is 13.8. The van der Waals surface area contributed by atoms with Gasteiger partial charge in [0.2, 0.25) is 0 Å². The number of likely N-dealkylation sites (tertiary alicyclic amines) is 1. The molecule has 0 saturated carbocycles. The lowest BCUT2D eigenvalue weighted by Crippen LogP contribution is -2.31. The molecule has 20 heavy (non-hydrogen) atoms. The molecule has 0 radical (unpaired) electrons. The van der Waals surface area contributed by atoms with Crippen molar-refractivity contribution >= 4 is 0 Å². The summed E-state index contributed by atoms with van der Waals surface area (Å²) in [4.78, 5) is 2.55. The molecule has 0 amide bonds. The van der Waals surface area contributed by atoms with Crippen LogP contribution in [0.4, 0.5) is 0 Å². The molecule has 2 aromatic rings. The minimum Gasteiger partial charge on any atom is -0.472 e. The van der Waals surface area contributed by atoms with Crippen molar-refractivity contribution in [1.29, 1.82) is 0 Å². The number of likely N-dealkylation sites (N-methyl/N-ethyl adjacent to an activating group) is 1. The highest BCUT2D eigenvalue weighted by atomic mass is 16.3. The maximum atomic E-state index is 5.18. The van der Waals surface area contributed by atoms with E-state index in [1.54, 1.807) is 12.5 Å². The topological polar surface area (TPSA) is 28.4 Å². The van der Waals surface area contributed by atoms with Crippen LogP contribution < -0.4 is 5.32 Å². The lowest BCUT2D eigenvalue weighted by atomic mass is 10.0. The van der Waals surface area contributed by atoms with E-state index in [2.05, 4.69) is 34.5 Å². The first-order valence-corrected chi connectivity index (χ1v) is 7.39. The summed E-state index contributed by atoms with van der Waals surface area (Å²) >= 11 is 0. The van der Waals surface area contributed by atoms with E-state index >= 15 is 0 Å². The van der Waals surface area contributed by atoms with Crippen LogP contribution in [0.25, 0.3) is 11.1 Å². The van der Waals surface area contributed by atoms with Crippen LogP contribution in [0.5, 0.6) is 0 Å². The number of nitrogens with one attached hydrogen (secondary N) is 1. The largest absolute Gasteiger partial charge is 0.472 e. The average Bonchev–Trinajstić information content (AvgIpc) is 3.18. The molecule has 0 spiro atoms. The van der Waals surface area contributed by atoms with Gasteiger partial charge in [0.15, 0.2) is 0 Å². The molecule has 2 heterocycles. The van der Waals surface area contributed by atoms with Gasteiger partial charge in [0.25, 0.3) is 0 Å². The Hall–Kier alpha value is -1.58. The molecule has 0 bridgehead atoms. The number of nitrogens with zero attached hydrogens (tertiary/aromatic N) is 1. The van der Waals surface area contributed by atoms with E-state index in [1.807, 2.05) is 13.1 Å². The predicted molar refractivity (Wildman–Crippen MR) is 81.6 cm³/mol. The first-order valence-electron chi connectivity index (χ1n) is 7.39. The average molecular weight is 270 g/mol. The SMILES string of the molecule is CNC(CN1CCCC1)c1cccc(-c2ccoc2)c1. The van der Waals surface area contributed by atoms with E-state index in [0.29, 0.717) is 6.04 Å². The fourth-order valence-electron chi connectivity index (χ4n) is 2.95. The Bertz CT molecular complexity index is 530. The number of benzene rings is 1. The number of furan rings is 1. The second-order valence-corrected chi connectivity index (χ2v) is 5.49. The highest BCUT2D eigenvalue weighted by molar-refractivity contribution is 5.62. The zero-order valence-electron chi connectivity index (χ0n) is 12.0. The number of hydrogen-bond donors (Lipinski definition) is 1. The van der Waals surface area contributed by atoms with Crippen LogP contribution in [0.15, 0.2) is 47.3 Å². The first kappa shape index (κ1) is 13.4. The Balaban J connectivity index is 1.78. The Labute approximate surface area is 120 Å². The Morgan fingerprint density at radius 2 is 2.05 bits per heavy atom. The zero-order valence-corrected chi connectivity index (χ0v) is 12.0. The fourth-order valence-corrected chi connectivity index (χ4v) is 2.95. The fraction of sp³-hybridized carbons (Fsp3) is 0.412. The van der Waals surface area contributed by atoms with E-state index in [1.165, 1.54) is 37.1 Å². The van der Waals surface area contributed by atoms with E-state index in [-0.39, 0.29) is 0 Å². The molecule has 1 atom stereocenters. The molecule has 0 aliphatic carbocycles. The van der Waals surface area contributed by atoms with Crippen LogP contribution in [0, 0.1) is 0 Å². The lowest BCUT2D eigenvalue weighted by molar-refractivity contribution is 0.299. The van der Waals surface area contributed by atoms with Gasteiger partial charge >= 0.3 is 0 Å². The van der Waals surface area contributed by atoms with E-state index < -0.39 is 0 Å². The molecule has 1 unspecified atom stereocenters. The number of hydrogen-bond acceptors (Lipinski definition) is 3. The molecule has 3 heteroatoms. The highest BCUT2D eigenvalue weighted by Crippen LogP contribution is 2.24. The van der Waals surface area contributed by atoms with Gasteiger partial charge in [-0.05, 0) is 56.2 Å². The van der Waals surface area contributed by atoms with Crippen LogP contribution in [0.1, 0.15) is 24.4 Å². The molecule has 3 nitrogen and oxygen atoms in total. The van der Waals surface area contributed by atoms with Crippen molar-refractivity contribution in [1.82, 2.24) is 10.2 Å². The van der Waals surface area contributed by atoms with Crippen molar-refractivity contribution in [3.8, 4) is 11.1 Å². The number of rotatable bonds is 5. The van der Waals surface area contributed by atoms with Crippen molar-refractivity contribution < 1.29 is 4.42 Å². The lowest BCUT2D eigenvalue weighted by Gasteiger charge is -2.23. The third kappa shape index (κ3) is 2.94. The van der Waals surface area contributed by atoms with E-state index in [0.717, 1.165) is 12.1 Å². The highest BCUT2D eigenvalue weighted by Gasteiger charge is 2.18. The van der Waals surface area contributed by atoms with Gasteiger partial charge in [0.05, 0.1) is 12.5 Å². The Kier molecular flexibility index (Phi) is 4.19. The van der Waals surface area contributed by atoms with Gasteiger partial charge in [-0.3, -0.25) is 0 Å². The second kappa shape index (κ2) is 6.25. The summed E-state index contributed by atoms with van der Waals surface area (Å²) in [7, 11) is 2.05. The van der Waals surface area contributed by atoms with Gasteiger partial charge in [-0.15, -0.1) is 0 Å². The summed E-state index contributed by atoms with van der Waals surface area (Å²) in [5, 5.41) is 3.45. The maximum absolute atomic E-state index is 5.18. The summed E-state index contributed by atoms with van der Waals surface area (Å²) in [6.07, 6.45) is 6.20. The van der Waals surface area contributed by atoms with Crippen molar-refractivity contribution in [3.63, 3.8) is 0 Å². The third-order valence-electron chi connectivity index (χ3n) is 4.13. The van der Waals surface area contributed by atoms with Gasteiger partial charge < -0.3 is 14.6 Å². The van der Waals surface area contributed by atoms with Crippen LogP contribution in [-0.2, 0) is 0 Å². The van der Waals surface area contributed by atoms with Crippen LogP contribution >= 0.6 is 0 Å². The van der Waals surface area contributed by atoms with Crippen LogP contribution in [0.2, 0.25) is 0 Å². The van der Waals surface area contributed by atoms with Gasteiger partial charge in [-0.2, -0.15) is 0 Å². The minimum atomic E-state index is 0.389. The van der Waals surface area contributed by atoms with E-state index in [9.17, 15) is 0 Å². The summed E-state index contributed by atoms with van der Waals surface area (Å²) in [5.74, 6) is 0. The maximum Gasteiger partial charge on any atom is 0.0980 e. The molecule has 1 aromatic heterocycles. The Morgan fingerprint density at radius 1 is 1.20 bits per heavy atom. The minimum absolute atomic E-state index is 0.389. The molecule has 1 aliphatic heterocycles. The second-order valence-electron chi connectivity index (χ2n) is 5.49. The molecule has 1 aliphatic rings. The molecule has 3 rings (SSSR count). The van der Waals surface area contributed by atoms with Gasteiger partial charge in [-0.25, -0.2) is 0 Å². The molecule has 1 N–H and O–H groups in total. The molecule has 1 aromatic carbocycles. The van der Waals surface area contributed by atoms with Gasteiger partial charge in [0.1, 0.15) is 0 Å². The predicted octanol–water partition coefficient (Wildman–Crippen LogP) is 3.30.